The van der Waals surface area contributed by atoms with Crippen LogP contribution in [0.3, 0.4) is 0 Å². The molecule has 2 atom stereocenters. The summed E-state index contributed by atoms with van der Waals surface area (Å²) in [7, 11) is -3.84. The number of aromatic nitrogens is 1. The Balaban J connectivity index is 1.61. The summed E-state index contributed by atoms with van der Waals surface area (Å²) in [4.78, 5) is 12.6. The number of alkyl halides is 3. The average molecular weight is 454 g/mol. The highest BCUT2D eigenvalue weighted by molar-refractivity contribution is 7.90. The molecular formula is C20H17F3N2O5S. The van der Waals surface area contributed by atoms with Gasteiger partial charge in [-0.25, -0.2) is 17.2 Å². The molecule has 1 saturated heterocycles. The first kappa shape index (κ1) is 21.3. The fraction of sp³-hybridized carbons (Fsp3) is 0.250. The number of nitrogens with zero attached hydrogens (tertiary/aromatic N) is 2. The van der Waals surface area contributed by atoms with Crippen molar-refractivity contribution < 1.29 is 36.2 Å². The molecule has 4 rings (SSSR count). The molecule has 11 heteroatoms. The van der Waals surface area contributed by atoms with Crippen molar-refractivity contribution in [3.05, 3.63) is 66.4 Å². The zero-order valence-corrected chi connectivity index (χ0v) is 16.7. The zero-order valence-electron chi connectivity index (χ0n) is 15.9. The van der Waals surface area contributed by atoms with E-state index in [1.54, 1.807) is 42.5 Å². The number of aliphatic hydroxyl groups excluding tert-OH is 1. The van der Waals surface area contributed by atoms with E-state index < -0.39 is 34.5 Å². The third-order valence-corrected chi connectivity index (χ3v) is 6.73. The van der Waals surface area contributed by atoms with Crippen molar-refractivity contribution >= 4 is 26.9 Å². The van der Waals surface area contributed by atoms with Gasteiger partial charge in [-0.1, -0.05) is 30.3 Å². The van der Waals surface area contributed by atoms with Gasteiger partial charge in [0.1, 0.15) is 6.10 Å². The molecule has 0 bridgehead atoms. The Hall–Kier alpha value is -2.89. The molecule has 1 N–H and O–H groups in total. The number of ether oxygens (including phenoxy) is 1. The largest absolute Gasteiger partial charge is 0.490 e. The number of hydrogen-bond acceptors (Lipinski definition) is 6. The SMILES string of the molecule is O=C(OC1C(O)CN1Cc1cccc2c1ccn2S(=O)(=O)c1ccccc1)C(F)(F)F. The van der Waals surface area contributed by atoms with Crippen LogP contribution in [0.4, 0.5) is 13.2 Å². The van der Waals surface area contributed by atoms with Gasteiger partial charge in [0.15, 0.2) is 6.23 Å². The lowest BCUT2D eigenvalue weighted by Gasteiger charge is -2.44. The lowest BCUT2D eigenvalue weighted by molar-refractivity contribution is -0.242. The number of aliphatic hydroxyl groups is 1. The standard InChI is InChI=1S/C20H17F3N2O5S/c21-20(22,23)19(27)30-18-17(26)12-24(18)11-13-5-4-8-16-15(13)9-10-25(16)31(28,29)14-6-2-1-3-7-14/h1-10,17-18,26H,11-12H2. The highest BCUT2D eigenvalue weighted by Crippen LogP contribution is 2.30. The second-order valence-corrected chi connectivity index (χ2v) is 8.88. The summed E-state index contributed by atoms with van der Waals surface area (Å²) in [5.74, 6) is -2.38. The smallest absolute Gasteiger partial charge is 0.437 e. The molecular weight excluding hydrogens is 437 g/mol. The summed E-state index contributed by atoms with van der Waals surface area (Å²) >= 11 is 0. The van der Waals surface area contributed by atoms with Crippen LogP contribution in [0.2, 0.25) is 0 Å². The van der Waals surface area contributed by atoms with Crippen molar-refractivity contribution in [2.24, 2.45) is 0 Å². The van der Waals surface area contributed by atoms with E-state index in [4.69, 9.17) is 0 Å². The summed E-state index contributed by atoms with van der Waals surface area (Å²) in [6.07, 6.45) is -6.43. The summed E-state index contributed by atoms with van der Waals surface area (Å²) in [5, 5.41) is 10.3. The van der Waals surface area contributed by atoms with Crippen LogP contribution in [-0.2, 0) is 26.1 Å². The number of carbonyl (C=O) groups excluding carboxylic acids is 1. The number of rotatable bonds is 5. The molecule has 164 valence electrons. The topological polar surface area (TPSA) is 88.8 Å². The molecule has 31 heavy (non-hydrogen) atoms. The van der Waals surface area contributed by atoms with Crippen LogP contribution < -0.4 is 0 Å². The molecule has 0 aliphatic carbocycles. The van der Waals surface area contributed by atoms with Gasteiger partial charge in [-0.3, -0.25) is 4.90 Å². The van der Waals surface area contributed by atoms with E-state index in [1.807, 2.05) is 0 Å². The number of esters is 1. The maximum Gasteiger partial charge on any atom is 0.490 e. The first-order valence-corrected chi connectivity index (χ1v) is 10.6. The van der Waals surface area contributed by atoms with Crippen LogP contribution in [0.15, 0.2) is 65.7 Å². The Morgan fingerprint density at radius 2 is 1.81 bits per heavy atom. The number of benzene rings is 2. The second-order valence-electron chi connectivity index (χ2n) is 7.07. The third-order valence-electron chi connectivity index (χ3n) is 5.03. The number of halogens is 3. The van der Waals surface area contributed by atoms with Crippen molar-refractivity contribution in [3.8, 4) is 0 Å². The van der Waals surface area contributed by atoms with Crippen LogP contribution in [0.5, 0.6) is 0 Å². The lowest BCUT2D eigenvalue weighted by Crippen LogP contribution is -2.61. The van der Waals surface area contributed by atoms with E-state index in [9.17, 15) is 31.5 Å². The van der Waals surface area contributed by atoms with Gasteiger partial charge in [-0.15, -0.1) is 0 Å². The Labute approximate surface area is 175 Å². The van der Waals surface area contributed by atoms with Crippen LogP contribution in [0, 0.1) is 0 Å². The molecule has 2 heterocycles. The molecule has 7 nitrogen and oxygen atoms in total. The Morgan fingerprint density at radius 1 is 1.10 bits per heavy atom. The van der Waals surface area contributed by atoms with Crippen molar-refractivity contribution in [2.45, 2.75) is 29.9 Å². The Kier molecular flexibility index (Phi) is 5.28. The minimum Gasteiger partial charge on any atom is -0.437 e. The van der Waals surface area contributed by atoms with Crippen molar-refractivity contribution in [3.63, 3.8) is 0 Å². The van der Waals surface area contributed by atoms with Gasteiger partial charge in [-0.05, 0) is 29.8 Å². The first-order valence-electron chi connectivity index (χ1n) is 9.18. The fourth-order valence-corrected chi connectivity index (χ4v) is 4.87. The highest BCUT2D eigenvalue weighted by atomic mass is 32.2. The van der Waals surface area contributed by atoms with Gasteiger partial charge < -0.3 is 9.84 Å². The minimum absolute atomic E-state index is 0.00914. The molecule has 1 aromatic heterocycles. The maximum absolute atomic E-state index is 13.0. The van der Waals surface area contributed by atoms with Gasteiger partial charge in [0, 0.05) is 24.7 Å². The number of carbonyl (C=O) groups is 1. The van der Waals surface area contributed by atoms with E-state index in [0.717, 1.165) is 3.97 Å². The molecule has 2 aromatic carbocycles. The van der Waals surface area contributed by atoms with Gasteiger partial charge >= 0.3 is 12.1 Å². The van der Waals surface area contributed by atoms with E-state index in [-0.39, 0.29) is 18.0 Å². The van der Waals surface area contributed by atoms with Crippen LogP contribution in [0.1, 0.15) is 5.56 Å². The molecule has 0 amide bonds. The zero-order chi connectivity index (χ0) is 22.4. The normalized spacial score (nSPS) is 19.9. The number of β-amino-alcohol motifs (C(OH)–C–C–N with tert-alkyl or cyclic N) is 1. The predicted molar refractivity (Wildman–Crippen MR) is 103 cm³/mol. The first-order chi connectivity index (χ1) is 14.6. The van der Waals surface area contributed by atoms with E-state index in [0.29, 0.717) is 16.5 Å². The molecule has 1 fully saturated rings. The predicted octanol–water partition coefficient (Wildman–Crippen LogP) is 2.49. The summed E-state index contributed by atoms with van der Waals surface area (Å²) in [6.45, 7) is 0.0643. The molecule has 0 saturated carbocycles. The van der Waals surface area contributed by atoms with Crippen molar-refractivity contribution in [1.82, 2.24) is 8.87 Å². The third kappa shape index (κ3) is 3.91. The Morgan fingerprint density at radius 3 is 2.45 bits per heavy atom. The monoisotopic (exact) mass is 454 g/mol. The number of fused-ring (bicyclic) bond motifs is 1. The molecule has 0 radical (unpaired) electrons. The van der Waals surface area contributed by atoms with Crippen molar-refractivity contribution in [1.29, 1.82) is 0 Å². The quantitative estimate of drug-likeness (QED) is 0.596. The van der Waals surface area contributed by atoms with Gasteiger partial charge in [0.05, 0.1) is 10.4 Å². The molecule has 0 spiro atoms. The number of hydrogen-bond donors (Lipinski definition) is 1. The van der Waals surface area contributed by atoms with Gasteiger partial charge in [0.2, 0.25) is 0 Å². The van der Waals surface area contributed by atoms with Crippen LogP contribution >= 0.6 is 0 Å². The van der Waals surface area contributed by atoms with E-state index in [1.165, 1.54) is 23.2 Å². The van der Waals surface area contributed by atoms with Crippen molar-refractivity contribution in [2.75, 3.05) is 6.54 Å². The minimum atomic E-state index is -5.16. The molecule has 1 aliphatic rings. The van der Waals surface area contributed by atoms with Crippen LogP contribution in [0.25, 0.3) is 10.9 Å². The van der Waals surface area contributed by atoms with E-state index in [2.05, 4.69) is 4.74 Å². The lowest BCUT2D eigenvalue weighted by atomic mass is 10.0. The van der Waals surface area contributed by atoms with Crippen LogP contribution in [-0.4, -0.2) is 53.4 Å². The second kappa shape index (κ2) is 7.66. The number of likely N-dealkylation sites (tertiary alicyclic amines) is 1. The van der Waals surface area contributed by atoms with Gasteiger partial charge in [0.25, 0.3) is 10.0 Å². The molecule has 2 unspecified atom stereocenters. The van der Waals surface area contributed by atoms with E-state index >= 15 is 0 Å². The molecule has 3 aromatic rings. The fourth-order valence-electron chi connectivity index (χ4n) is 3.50. The Bertz CT molecular complexity index is 1220. The average Bonchev–Trinajstić information content (AvgIpc) is 3.17. The summed E-state index contributed by atoms with van der Waals surface area (Å²) in [5.41, 5.74) is 1.01. The summed E-state index contributed by atoms with van der Waals surface area (Å²) in [6, 6.07) is 14.4. The maximum atomic E-state index is 13.0. The summed E-state index contributed by atoms with van der Waals surface area (Å²) < 4.78 is 68.9. The highest BCUT2D eigenvalue weighted by Gasteiger charge is 2.48. The van der Waals surface area contributed by atoms with Gasteiger partial charge in [-0.2, -0.15) is 13.2 Å². The molecule has 1 aliphatic heterocycles.